The van der Waals surface area contributed by atoms with Gasteiger partial charge < -0.3 is 0 Å². The Balaban J connectivity index is 1.09. The van der Waals surface area contributed by atoms with Crippen molar-refractivity contribution in [2.45, 2.75) is 24.7 Å². The molecule has 1 heterocycles. The molecule has 0 N–H and O–H groups in total. The molecule has 0 atom stereocenters. The first-order chi connectivity index (χ1) is 28.5. The van der Waals surface area contributed by atoms with Gasteiger partial charge in [0.1, 0.15) is 0 Å². The maximum absolute atomic E-state index is 5.30. The molecule has 0 saturated carbocycles. The predicted octanol–water partition coefficient (Wildman–Crippen LogP) is 13.3. The number of aromatic nitrogens is 3. The molecule has 0 unspecified atom stereocenters. The summed E-state index contributed by atoms with van der Waals surface area (Å²) in [6.45, 7) is 4.73. The van der Waals surface area contributed by atoms with Crippen molar-refractivity contribution in [2.75, 3.05) is 0 Å². The van der Waals surface area contributed by atoms with E-state index in [1.807, 2.05) is 18.2 Å². The molecule has 0 aliphatic heterocycles. The molecule has 12 rings (SSSR count). The van der Waals surface area contributed by atoms with Crippen molar-refractivity contribution in [1.82, 2.24) is 15.0 Å². The van der Waals surface area contributed by atoms with Gasteiger partial charge in [-0.05, 0) is 89.0 Å². The highest BCUT2D eigenvalue weighted by molar-refractivity contribution is 6.25. The standard InChI is InChI=1S/C55H37N3/c1-54(2)47-24-12-14-26-49(47)55(50-27-15-13-25-48(50)54)45-23-11-10-22-42(45)44-33-36(29-31-46(44)55)53-57-51(34-16-4-3-5-17-34)56-52(58-53)35-28-30-41-39-20-7-6-18-37(39)38-19-8-9-21-40(38)43(41)32-35/h3-33H,1-2H3. The Morgan fingerprint density at radius 2 is 0.707 bits per heavy atom. The van der Waals surface area contributed by atoms with E-state index in [9.17, 15) is 0 Å². The number of hydrogen-bond acceptors (Lipinski definition) is 3. The van der Waals surface area contributed by atoms with Gasteiger partial charge in [-0.15, -0.1) is 0 Å². The number of benzene rings is 9. The molecule has 272 valence electrons. The van der Waals surface area contributed by atoms with Crippen molar-refractivity contribution >= 4 is 32.3 Å². The largest absolute Gasteiger partial charge is 0.208 e. The van der Waals surface area contributed by atoms with Gasteiger partial charge in [-0.3, -0.25) is 0 Å². The summed E-state index contributed by atoms with van der Waals surface area (Å²) in [7, 11) is 0. The van der Waals surface area contributed by atoms with Crippen LogP contribution in [-0.2, 0) is 10.8 Å². The molecule has 9 aromatic carbocycles. The fourth-order valence-electron chi connectivity index (χ4n) is 10.4. The first-order valence-corrected chi connectivity index (χ1v) is 20.1. The average Bonchev–Trinajstić information content (AvgIpc) is 3.58. The van der Waals surface area contributed by atoms with Crippen LogP contribution in [0.25, 0.3) is 77.6 Å². The van der Waals surface area contributed by atoms with Crippen molar-refractivity contribution in [3.63, 3.8) is 0 Å². The van der Waals surface area contributed by atoms with Crippen LogP contribution in [0.2, 0.25) is 0 Å². The Hall–Kier alpha value is -7.23. The molecule has 0 radical (unpaired) electrons. The molecule has 3 nitrogen and oxygen atoms in total. The number of fused-ring (bicyclic) bond motifs is 15. The molecular weight excluding hydrogens is 703 g/mol. The first kappa shape index (κ1) is 33.0. The number of nitrogens with zero attached hydrogens (tertiary/aromatic N) is 3. The molecule has 3 heteroatoms. The summed E-state index contributed by atoms with van der Waals surface area (Å²) in [5, 5.41) is 7.37. The highest BCUT2D eigenvalue weighted by atomic mass is 15.0. The van der Waals surface area contributed by atoms with Crippen LogP contribution in [0.5, 0.6) is 0 Å². The van der Waals surface area contributed by atoms with Gasteiger partial charge in [-0.1, -0.05) is 190 Å². The van der Waals surface area contributed by atoms with E-state index in [-0.39, 0.29) is 5.41 Å². The average molecular weight is 740 g/mol. The van der Waals surface area contributed by atoms with Gasteiger partial charge in [0.25, 0.3) is 0 Å². The third kappa shape index (κ3) is 4.47. The summed E-state index contributed by atoms with van der Waals surface area (Å²) in [6, 6.07) is 68.3. The summed E-state index contributed by atoms with van der Waals surface area (Å²) in [5.41, 5.74) is 12.8. The quantitative estimate of drug-likeness (QED) is 0.169. The summed E-state index contributed by atoms with van der Waals surface area (Å²) < 4.78 is 0. The van der Waals surface area contributed by atoms with Crippen molar-refractivity contribution in [3.05, 3.63) is 221 Å². The normalized spacial score (nSPS) is 14.3. The van der Waals surface area contributed by atoms with E-state index in [0.717, 1.165) is 16.7 Å². The van der Waals surface area contributed by atoms with Crippen LogP contribution in [-0.4, -0.2) is 15.0 Å². The number of rotatable bonds is 3. The van der Waals surface area contributed by atoms with Crippen LogP contribution in [0.1, 0.15) is 47.2 Å². The Morgan fingerprint density at radius 1 is 0.293 bits per heavy atom. The summed E-state index contributed by atoms with van der Waals surface area (Å²) in [4.78, 5) is 15.7. The van der Waals surface area contributed by atoms with Crippen LogP contribution in [0.15, 0.2) is 188 Å². The monoisotopic (exact) mass is 739 g/mol. The lowest BCUT2D eigenvalue weighted by Gasteiger charge is -2.46. The zero-order valence-electron chi connectivity index (χ0n) is 32.2. The van der Waals surface area contributed by atoms with E-state index in [2.05, 4.69) is 184 Å². The molecule has 1 aromatic heterocycles. The van der Waals surface area contributed by atoms with Crippen molar-refractivity contribution in [3.8, 4) is 45.3 Å². The molecule has 0 amide bonds. The molecule has 2 aliphatic carbocycles. The lowest BCUT2D eigenvalue weighted by molar-refractivity contribution is 0.563. The van der Waals surface area contributed by atoms with Crippen molar-refractivity contribution in [2.24, 2.45) is 0 Å². The van der Waals surface area contributed by atoms with Crippen LogP contribution >= 0.6 is 0 Å². The molecule has 0 bridgehead atoms. The third-order valence-electron chi connectivity index (χ3n) is 13.0. The molecule has 2 aliphatic rings. The van der Waals surface area contributed by atoms with Gasteiger partial charge >= 0.3 is 0 Å². The minimum absolute atomic E-state index is 0.145. The topological polar surface area (TPSA) is 38.7 Å². The summed E-state index contributed by atoms with van der Waals surface area (Å²) in [6.07, 6.45) is 0. The van der Waals surface area contributed by atoms with Gasteiger partial charge in [0.2, 0.25) is 0 Å². The molecule has 58 heavy (non-hydrogen) atoms. The number of hydrogen-bond donors (Lipinski definition) is 0. The first-order valence-electron chi connectivity index (χ1n) is 20.1. The van der Waals surface area contributed by atoms with Crippen LogP contribution in [0.3, 0.4) is 0 Å². The fraction of sp³-hybridized carbons (Fsp3) is 0.0727. The minimum atomic E-state index is -0.454. The van der Waals surface area contributed by atoms with E-state index < -0.39 is 5.41 Å². The van der Waals surface area contributed by atoms with Crippen LogP contribution in [0, 0.1) is 0 Å². The molecule has 0 saturated heterocycles. The Morgan fingerprint density at radius 3 is 1.31 bits per heavy atom. The summed E-state index contributed by atoms with van der Waals surface area (Å²) in [5.74, 6) is 1.95. The van der Waals surface area contributed by atoms with Gasteiger partial charge in [0, 0.05) is 22.1 Å². The lowest BCUT2D eigenvalue weighted by atomic mass is 9.55. The lowest BCUT2D eigenvalue weighted by Crippen LogP contribution is -2.40. The Labute approximate surface area is 337 Å². The highest BCUT2D eigenvalue weighted by Gasteiger charge is 2.53. The molecule has 0 fully saturated rings. The summed E-state index contributed by atoms with van der Waals surface area (Å²) >= 11 is 0. The second-order valence-corrected chi connectivity index (χ2v) is 16.3. The third-order valence-corrected chi connectivity index (χ3v) is 13.0. The fourth-order valence-corrected chi connectivity index (χ4v) is 10.4. The van der Waals surface area contributed by atoms with Crippen molar-refractivity contribution < 1.29 is 0 Å². The maximum Gasteiger partial charge on any atom is 0.164 e. The van der Waals surface area contributed by atoms with E-state index in [1.54, 1.807) is 0 Å². The smallest absolute Gasteiger partial charge is 0.164 e. The maximum atomic E-state index is 5.30. The van der Waals surface area contributed by atoms with Gasteiger partial charge in [0.15, 0.2) is 17.5 Å². The van der Waals surface area contributed by atoms with Gasteiger partial charge in [0.05, 0.1) is 5.41 Å². The predicted molar refractivity (Wildman–Crippen MR) is 238 cm³/mol. The van der Waals surface area contributed by atoms with E-state index in [1.165, 1.54) is 76.8 Å². The molecule has 10 aromatic rings. The zero-order chi connectivity index (χ0) is 38.6. The minimum Gasteiger partial charge on any atom is -0.208 e. The second kappa shape index (κ2) is 12.1. The second-order valence-electron chi connectivity index (χ2n) is 16.3. The van der Waals surface area contributed by atoms with E-state index in [4.69, 9.17) is 15.0 Å². The Kier molecular flexibility index (Phi) is 6.90. The Bertz CT molecular complexity index is 3240. The molecule has 1 spiro atoms. The van der Waals surface area contributed by atoms with Crippen LogP contribution < -0.4 is 0 Å². The van der Waals surface area contributed by atoms with Gasteiger partial charge in [-0.25, -0.2) is 15.0 Å². The van der Waals surface area contributed by atoms with Crippen LogP contribution in [0.4, 0.5) is 0 Å². The van der Waals surface area contributed by atoms with Gasteiger partial charge in [-0.2, -0.15) is 0 Å². The van der Waals surface area contributed by atoms with E-state index >= 15 is 0 Å². The SMILES string of the molecule is CC1(C)c2ccccc2C2(c3ccccc3-c3cc(-c4nc(-c5ccccc5)nc(-c5ccc6c7ccccc7c7ccccc7c6c5)n4)ccc32)c2ccccc21. The highest BCUT2D eigenvalue weighted by Crippen LogP contribution is 2.62. The molecular formula is C55H37N3. The van der Waals surface area contributed by atoms with E-state index in [0.29, 0.717) is 17.5 Å². The zero-order valence-corrected chi connectivity index (χ0v) is 32.2. The van der Waals surface area contributed by atoms with Crippen molar-refractivity contribution in [1.29, 1.82) is 0 Å².